The molecule has 0 atom stereocenters. The highest BCUT2D eigenvalue weighted by Crippen LogP contribution is 2.27. The molecule has 2 aromatic carbocycles. The molecule has 0 bridgehead atoms. The second-order valence-corrected chi connectivity index (χ2v) is 4.20. The maximum atomic E-state index is 11.1. The molecule has 0 fully saturated rings. The molecular weight excluding hydrogens is 258 g/mol. The third kappa shape index (κ3) is 1.99. The molecule has 0 radical (unpaired) electrons. The molecule has 1 aromatic heterocycles. The second kappa shape index (κ2) is 4.70. The second-order valence-electron chi connectivity index (χ2n) is 4.20. The summed E-state index contributed by atoms with van der Waals surface area (Å²) in [5.74, 6) is 0.0950. The van der Waals surface area contributed by atoms with Crippen LogP contribution in [-0.2, 0) is 0 Å². The highest BCUT2D eigenvalue weighted by Gasteiger charge is 2.15. The lowest BCUT2D eigenvalue weighted by Gasteiger charge is -1.99. The molecule has 3 aromatic rings. The first-order valence-corrected chi connectivity index (χ1v) is 5.96. The highest BCUT2D eigenvalue weighted by molar-refractivity contribution is 6.00. The van der Waals surface area contributed by atoms with Crippen molar-refractivity contribution in [1.29, 1.82) is 0 Å². The van der Waals surface area contributed by atoms with Gasteiger partial charge in [0.2, 0.25) is 5.89 Å². The molecule has 1 heterocycles. The Labute approximate surface area is 114 Å². The Balaban J connectivity index is 2.12. The number of fused-ring (bicyclic) bond motifs is 1. The zero-order valence-corrected chi connectivity index (χ0v) is 10.7. The third-order valence-corrected chi connectivity index (χ3v) is 2.99. The molecule has 5 nitrogen and oxygen atoms in total. The predicted octanol–water partition coefficient (Wildman–Crippen LogP) is 3.20. The fourth-order valence-corrected chi connectivity index (χ4v) is 1.98. The fraction of sp³-hybridized carbons (Fsp3) is 0.0667. The number of aromatic carboxylic acids is 1. The van der Waals surface area contributed by atoms with E-state index in [4.69, 9.17) is 14.3 Å². The van der Waals surface area contributed by atoms with Crippen LogP contribution in [0.3, 0.4) is 0 Å². The predicted molar refractivity (Wildman–Crippen MR) is 73.0 cm³/mol. The quantitative estimate of drug-likeness (QED) is 0.790. The number of benzene rings is 2. The minimum Gasteiger partial charge on any atom is -0.497 e. The molecule has 100 valence electrons. The first kappa shape index (κ1) is 12.2. The van der Waals surface area contributed by atoms with Gasteiger partial charge in [0.1, 0.15) is 11.3 Å². The normalized spacial score (nSPS) is 10.7. The number of hydrogen-bond acceptors (Lipinski definition) is 4. The SMILES string of the molecule is COc1ccc(-c2nc3c(C(=O)O)cccc3o2)cc1. The first-order valence-electron chi connectivity index (χ1n) is 5.96. The summed E-state index contributed by atoms with van der Waals surface area (Å²) in [5, 5.41) is 9.13. The van der Waals surface area contributed by atoms with Gasteiger partial charge in [-0.15, -0.1) is 0 Å². The van der Waals surface area contributed by atoms with Crippen LogP contribution in [0.25, 0.3) is 22.6 Å². The molecule has 5 heteroatoms. The van der Waals surface area contributed by atoms with Crippen molar-refractivity contribution in [2.24, 2.45) is 0 Å². The van der Waals surface area contributed by atoms with Crippen molar-refractivity contribution in [3.63, 3.8) is 0 Å². The Morgan fingerprint density at radius 2 is 1.95 bits per heavy atom. The molecular formula is C15H11NO4. The van der Waals surface area contributed by atoms with Crippen LogP contribution in [0.5, 0.6) is 5.75 Å². The van der Waals surface area contributed by atoms with Crippen molar-refractivity contribution in [3.05, 3.63) is 48.0 Å². The number of ether oxygens (including phenoxy) is 1. The highest BCUT2D eigenvalue weighted by atomic mass is 16.5. The Kier molecular flexibility index (Phi) is 2.87. The number of carbonyl (C=O) groups is 1. The molecule has 0 amide bonds. The van der Waals surface area contributed by atoms with Crippen LogP contribution >= 0.6 is 0 Å². The van der Waals surface area contributed by atoms with Gasteiger partial charge in [0.25, 0.3) is 0 Å². The molecule has 0 aliphatic carbocycles. The number of methoxy groups -OCH3 is 1. The van der Waals surface area contributed by atoms with Crippen molar-refractivity contribution >= 4 is 17.1 Å². The molecule has 0 aliphatic rings. The number of aromatic nitrogens is 1. The maximum absolute atomic E-state index is 11.1. The van der Waals surface area contributed by atoms with E-state index in [0.717, 1.165) is 11.3 Å². The number of hydrogen-bond donors (Lipinski definition) is 1. The van der Waals surface area contributed by atoms with Gasteiger partial charge in [-0.2, -0.15) is 0 Å². The molecule has 0 unspecified atom stereocenters. The maximum Gasteiger partial charge on any atom is 0.338 e. The lowest BCUT2D eigenvalue weighted by molar-refractivity contribution is 0.0699. The van der Waals surface area contributed by atoms with Crippen LogP contribution < -0.4 is 4.74 Å². The fourth-order valence-electron chi connectivity index (χ4n) is 1.98. The summed E-state index contributed by atoms with van der Waals surface area (Å²) in [6, 6.07) is 12.0. The van der Waals surface area contributed by atoms with Gasteiger partial charge in [-0.05, 0) is 36.4 Å². The molecule has 0 saturated heterocycles. The van der Waals surface area contributed by atoms with E-state index >= 15 is 0 Å². The van der Waals surface area contributed by atoms with Gasteiger partial charge in [-0.25, -0.2) is 9.78 Å². The van der Waals surface area contributed by atoms with E-state index in [1.807, 2.05) is 12.1 Å². The molecule has 20 heavy (non-hydrogen) atoms. The number of carboxylic acids is 1. The van der Waals surface area contributed by atoms with Crippen LogP contribution in [0, 0.1) is 0 Å². The van der Waals surface area contributed by atoms with E-state index in [0.29, 0.717) is 17.0 Å². The van der Waals surface area contributed by atoms with Gasteiger partial charge in [-0.1, -0.05) is 6.07 Å². The standard InChI is InChI=1S/C15H11NO4/c1-19-10-7-5-9(6-8-10)14-16-13-11(15(17)18)3-2-4-12(13)20-14/h2-8H,1H3,(H,17,18). The Hall–Kier alpha value is -2.82. The number of nitrogens with zero attached hydrogens (tertiary/aromatic N) is 1. The Morgan fingerprint density at radius 3 is 2.60 bits per heavy atom. The van der Waals surface area contributed by atoms with E-state index in [-0.39, 0.29) is 5.56 Å². The van der Waals surface area contributed by atoms with Crippen LogP contribution in [0.4, 0.5) is 0 Å². The van der Waals surface area contributed by atoms with E-state index in [1.165, 1.54) is 6.07 Å². The van der Waals surface area contributed by atoms with Crippen LogP contribution in [0.2, 0.25) is 0 Å². The van der Waals surface area contributed by atoms with Gasteiger partial charge in [0.15, 0.2) is 5.58 Å². The minimum absolute atomic E-state index is 0.131. The monoisotopic (exact) mass is 269 g/mol. The first-order chi connectivity index (χ1) is 9.69. The summed E-state index contributed by atoms with van der Waals surface area (Å²) in [6.45, 7) is 0. The van der Waals surface area contributed by atoms with Crippen molar-refractivity contribution in [1.82, 2.24) is 4.98 Å². The summed E-state index contributed by atoms with van der Waals surface area (Å²) < 4.78 is 10.7. The largest absolute Gasteiger partial charge is 0.497 e. The summed E-state index contributed by atoms with van der Waals surface area (Å²) in [4.78, 5) is 15.4. The van der Waals surface area contributed by atoms with Gasteiger partial charge < -0.3 is 14.3 Å². The molecule has 0 spiro atoms. The van der Waals surface area contributed by atoms with Crippen molar-refractivity contribution in [2.45, 2.75) is 0 Å². The number of carboxylic acid groups (broad SMARTS) is 1. The van der Waals surface area contributed by atoms with Crippen LogP contribution in [-0.4, -0.2) is 23.2 Å². The van der Waals surface area contributed by atoms with Crippen LogP contribution in [0.1, 0.15) is 10.4 Å². The topological polar surface area (TPSA) is 72.6 Å². The molecule has 3 rings (SSSR count). The van der Waals surface area contributed by atoms with Crippen molar-refractivity contribution in [2.75, 3.05) is 7.11 Å². The van der Waals surface area contributed by atoms with Gasteiger partial charge in [0.05, 0.1) is 12.7 Å². The van der Waals surface area contributed by atoms with E-state index in [1.54, 1.807) is 31.4 Å². The summed E-state index contributed by atoms with van der Waals surface area (Å²) in [7, 11) is 1.59. The van der Waals surface area contributed by atoms with E-state index < -0.39 is 5.97 Å². The van der Waals surface area contributed by atoms with E-state index in [9.17, 15) is 4.79 Å². The minimum atomic E-state index is -1.02. The smallest absolute Gasteiger partial charge is 0.338 e. The summed E-state index contributed by atoms with van der Waals surface area (Å²) in [5.41, 5.74) is 1.70. The Bertz CT molecular complexity index is 774. The van der Waals surface area contributed by atoms with Crippen LogP contribution in [0.15, 0.2) is 46.9 Å². The van der Waals surface area contributed by atoms with E-state index in [2.05, 4.69) is 4.98 Å². The average Bonchev–Trinajstić information content (AvgIpc) is 2.90. The lowest BCUT2D eigenvalue weighted by Crippen LogP contribution is -1.96. The molecule has 0 aliphatic heterocycles. The lowest BCUT2D eigenvalue weighted by atomic mass is 10.2. The van der Waals surface area contributed by atoms with Gasteiger partial charge in [0, 0.05) is 5.56 Å². The summed E-state index contributed by atoms with van der Waals surface area (Å²) >= 11 is 0. The average molecular weight is 269 g/mol. The van der Waals surface area contributed by atoms with Gasteiger partial charge >= 0.3 is 5.97 Å². The Morgan fingerprint density at radius 1 is 1.20 bits per heavy atom. The molecule has 0 saturated carbocycles. The number of oxazole rings is 1. The number of rotatable bonds is 3. The third-order valence-electron chi connectivity index (χ3n) is 2.99. The van der Waals surface area contributed by atoms with Crippen molar-refractivity contribution < 1.29 is 19.1 Å². The van der Waals surface area contributed by atoms with Crippen molar-refractivity contribution in [3.8, 4) is 17.2 Å². The summed E-state index contributed by atoms with van der Waals surface area (Å²) in [6.07, 6.45) is 0. The zero-order chi connectivity index (χ0) is 14.1. The number of para-hydroxylation sites is 1. The molecule has 1 N–H and O–H groups in total. The zero-order valence-electron chi connectivity index (χ0n) is 10.7. The van der Waals surface area contributed by atoms with Gasteiger partial charge in [-0.3, -0.25) is 0 Å².